The fourth-order valence-corrected chi connectivity index (χ4v) is 1.53. The third-order valence-corrected chi connectivity index (χ3v) is 2.59. The largest absolute Gasteiger partial charge is 0.467 e. The lowest BCUT2D eigenvalue weighted by molar-refractivity contribution is -0.119. The Morgan fingerprint density at radius 3 is 2.45 bits per heavy atom. The minimum absolute atomic E-state index is 0.0160. The zero-order chi connectivity index (χ0) is 15.1. The molecular formula is C12H22N6O2. The van der Waals surface area contributed by atoms with E-state index in [-0.39, 0.29) is 17.9 Å². The molecule has 0 aliphatic rings. The molecule has 0 fully saturated rings. The van der Waals surface area contributed by atoms with Gasteiger partial charge in [-0.3, -0.25) is 4.79 Å². The summed E-state index contributed by atoms with van der Waals surface area (Å²) in [5.41, 5.74) is 5.35. The van der Waals surface area contributed by atoms with Gasteiger partial charge in [-0.2, -0.15) is 15.0 Å². The first-order valence-electron chi connectivity index (χ1n) is 6.57. The number of aromatic nitrogens is 3. The van der Waals surface area contributed by atoms with Crippen LogP contribution in [0.2, 0.25) is 0 Å². The van der Waals surface area contributed by atoms with Crippen molar-refractivity contribution in [2.24, 2.45) is 11.7 Å². The highest BCUT2D eigenvalue weighted by Crippen LogP contribution is 2.14. The Morgan fingerprint density at radius 1 is 1.30 bits per heavy atom. The molecule has 1 aromatic heterocycles. The van der Waals surface area contributed by atoms with Gasteiger partial charge in [0.25, 0.3) is 0 Å². The van der Waals surface area contributed by atoms with Crippen molar-refractivity contribution in [3.05, 3.63) is 0 Å². The number of ether oxygens (including phenoxy) is 1. The molecule has 1 aromatic rings. The highest BCUT2D eigenvalue weighted by molar-refractivity contribution is 5.82. The van der Waals surface area contributed by atoms with Crippen LogP contribution in [0, 0.1) is 5.92 Å². The van der Waals surface area contributed by atoms with Gasteiger partial charge in [-0.05, 0) is 12.3 Å². The number of nitrogens with zero attached hydrogens (tertiary/aromatic N) is 3. The van der Waals surface area contributed by atoms with Crippen LogP contribution in [0.5, 0.6) is 6.01 Å². The molecule has 0 radical (unpaired) electrons. The third kappa shape index (κ3) is 4.52. The number of methoxy groups -OCH3 is 1. The van der Waals surface area contributed by atoms with Gasteiger partial charge in [0.2, 0.25) is 17.8 Å². The Balaban J connectivity index is 2.95. The average Bonchev–Trinajstić information content (AvgIpc) is 2.41. The maximum Gasteiger partial charge on any atom is 0.322 e. The highest BCUT2D eigenvalue weighted by Gasteiger charge is 2.21. The molecule has 0 aliphatic heterocycles. The molecule has 8 heteroatoms. The number of rotatable bonds is 8. The summed E-state index contributed by atoms with van der Waals surface area (Å²) < 4.78 is 5.02. The molecule has 0 saturated heterocycles. The van der Waals surface area contributed by atoms with E-state index in [1.54, 1.807) is 0 Å². The fourth-order valence-electron chi connectivity index (χ4n) is 1.53. The van der Waals surface area contributed by atoms with E-state index in [9.17, 15) is 4.79 Å². The lowest BCUT2D eigenvalue weighted by Crippen LogP contribution is -2.40. The van der Waals surface area contributed by atoms with Crippen molar-refractivity contribution in [2.75, 3.05) is 24.3 Å². The Bertz CT molecular complexity index is 452. The molecule has 0 aromatic carbocycles. The van der Waals surface area contributed by atoms with E-state index in [4.69, 9.17) is 10.5 Å². The molecule has 1 atom stereocenters. The lowest BCUT2D eigenvalue weighted by atomic mass is 10.0. The van der Waals surface area contributed by atoms with Gasteiger partial charge in [0, 0.05) is 6.54 Å². The van der Waals surface area contributed by atoms with Crippen LogP contribution in [-0.4, -0.2) is 40.6 Å². The Labute approximate surface area is 118 Å². The number of nitrogens with one attached hydrogen (secondary N) is 2. The van der Waals surface area contributed by atoms with E-state index in [0.29, 0.717) is 5.95 Å². The van der Waals surface area contributed by atoms with Crippen LogP contribution in [0.3, 0.4) is 0 Å². The van der Waals surface area contributed by atoms with Crippen molar-refractivity contribution in [3.63, 3.8) is 0 Å². The first-order chi connectivity index (χ1) is 9.47. The van der Waals surface area contributed by atoms with Crippen molar-refractivity contribution in [2.45, 2.75) is 33.2 Å². The second-order valence-corrected chi connectivity index (χ2v) is 4.66. The first kappa shape index (κ1) is 15.9. The average molecular weight is 282 g/mol. The van der Waals surface area contributed by atoms with Crippen LogP contribution in [-0.2, 0) is 4.79 Å². The summed E-state index contributed by atoms with van der Waals surface area (Å²) in [6, 6.07) is -0.380. The number of primary amides is 1. The van der Waals surface area contributed by atoms with Crippen LogP contribution < -0.4 is 21.1 Å². The number of anilines is 2. The fraction of sp³-hybridized carbons (Fsp3) is 0.667. The first-order valence-corrected chi connectivity index (χ1v) is 6.57. The topological polar surface area (TPSA) is 115 Å². The monoisotopic (exact) mass is 282 g/mol. The summed E-state index contributed by atoms with van der Waals surface area (Å²) in [5, 5.41) is 5.96. The molecule has 0 spiro atoms. The highest BCUT2D eigenvalue weighted by atomic mass is 16.5. The number of hydrogen-bond acceptors (Lipinski definition) is 7. The van der Waals surface area contributed by atoms with Crippen molar-refractivity contribution >= 4 is 17.8 Å². The van der Waals surface area contributed by atoms with Crippen molar-refractivity contribution < 1.29 is 9.53 Å². The third-order valence-electron chi connectivity index (χ3n) is 2.59. The SMILES string of the molecule is CCCNc1nc(NC(C(N)=O)C(C)C)nc(OC)n1. The van der Waals surface area contributed by atoms with Crippen molar-refractivity contribution in [3.8, 4) is 6.01 Å². The predicted octanol–water partition coefficient (Wildman–Crippen LogP) is 0.624. The van der Waals surface area contributed by atoms with E-state index in [0.717, 1.165) is 13.0 Å². The van der Waals surface area contributed by atoms with E-state index in [1.165, 1.54) is 7.11 Å². The van der Waals surface area contributed by atoms with Gasteiger partial charge in [0.05, 0.1) is 7.11 Å². The molecule has 4 N–H and O–H groups in total. The smallest absolute Gasteiger partial charge is 0.322 e. The van der Waals surface area contributed by atoms with Crippen LogP contribution in [0.4, 0.5) is 11.9 Å². The standard InChI is InChI=1S/C12H22N6O2/c1-5-6-14-10-16-11(18-12(17-10)20-4)15-8(7(2)3)9(13)19/h7-8H,5-6H2,1-4H3,(H2,13,19)(H2,14,15,16,17,18). The van der Waals surface area contributed by atoms with Crippen molar-refractivity contribution in [1.29, 1.82) is 0 Å². The number of amides is 1. The molecule has 1 heterocycles. The molecule has 1 amide bonds. The van der Waals surface area contributed by atoms with Crippen LogP contribution in [0.1, 0.15) is 27.2 Å². The number of hydrogen-bond donors (Lipinski definition) is 3. The molecule has 0 aliphatic carbocycles. The van der Waals surface area contributed by atoms with Gasteiger partial charge < -0.3 is 21.1 Å². The zero-order valence-electron chi connectivity index (χ0n) is 12.3. The van der Waals surface area contributed by atoms with Gasteiger partial charge in [0.1, 0.15) is 6.04 Å². The molecule has 112 valence electrons. The molecule has 8 nitrogen and oxygen atoms in total. The van der Waals surface area contributed by atoms with Gasteiger partial charge in [-0.15, -0.1) is 0 Å². The van der Waals surface area contributed by atoms with Crippen molar-refractivity contribution in [1.82, 2.24) is 15.0 Å². The second kappa shape index (κ2) is 7.46. The zero-order valence-corrected chi connectivity index (χ0v) is 12.3. The van der Waals surface area contributed by atoms with Gasteiger partial charge in [-0.25, -0.2) is 0 Å². The van der Waals surface area contributed by atoms with E-state index >= 15 is 0 Å². The normalized spacial score (nSPS) is 12.1. The number of nitrogens with two attached hydrogens (primary N) is 1. The second-order valence-electron chi connectivity index (χ2n) is 4.66. The summed E-state index contributed by atoms with van der Waals surface area (Å²) in [7, 11) is 1.47. The summed E-state index contributed by atoms with van der Waals surface area (Å²) in [6.07, 6.45) is 0.937. The van der Waals surface area contributed by atoms with Gasteiger partial charge in [-0.1, -0.05) is 20.8 Å². The van der Waals surface area contributed by atoms with E-state index in [1.807, 2.05) is 20.8 Å². The van der Waals surface area contributed by atoms with Crippen LogP contribution >= 0.6 is 0 Å². The van der Waals surface area contributed by atoms with E-state index < -0.39 is 11.9 Å². The quantitative estimate of drug-likeness (QED) is 0.640. The number of carbonyl (C=O) groups is 1. The molecule has 0 saturated carbocycles. The van der Waals surface area contributed by atoms with Gasteiger partial charge >= 0.3 is 6.01 Å². The Morgan fingerprint density at radius 2 is 1.95 bits per heavy atom. The summed E-state index contributed by atoms with van der Waals surface area (Å²) >= 11 is 0. The summed E-state index contributed by atoms with van der Waals surface area (Å²) in [4.78, 5) is 23.7. The van der Waals surface area contributed by atoms with Crippen LogP contribution in [0.15, 0.2) is 0 Å². The predicted molar refractivity (Wildman–Crippen MR) is 76.6 cm³/mol. The maximum atomic E-state index is 11.4. The molecule has 0 bridgehead atoms. The van der Waals surface area contributed by atoms with Crippen LogP contribution in [0.25, 0.3) is 0 Å². The molecule has 1 unspecified atom stereocenters. The Kier molecular flexibility index (Phi) is 5.95. The van der Waals surface area contributed by atoms with Gasteiger partial charge in [0.15, 0.2) is 0 Å². The summed E-state index contributed by atoms with van der Waals surface area (Å²) in [6.45, 7) is 6.54. The molecular weight excluding hydrogens is 260 g/mol. The molecule has 20 heavy (non-hydrogen) atoms. The Hall–Kier alpha value is -2.12. The summed E-state index contributed by atoms with van der Waals surface area (Å²) in [5.74, 6) is 0.214. The minimum atomic E-state index is -0.555. The van der Waals surface area contributed by atoms with E-state index in [2.05, 4.69) is 25.6 Å². The maximum absolute atomic E-state index is 11.4. The minimum Gasteiger partial charge on any atom is -0.467 e. The number of carbonyl (C=O) groups excluding carboxylic acids is 1. The molecule has 1 rings (SSSR count). The lowest BCUT2D eigenvalue weighted by Gasteiger charge is -2.19.